The lowest BCUT2D eigenvalue weighted by molar-refractivity contribution is -0.133. The third-order valence-corrected chi connectivity index (χ3v) is 6.28. The van der Waals surface area contributed by atoms with Crippen LogP contribution in [0.1, 0.15) is 44.4 Å². The third-order valence-electron chi connectivity index (χ3n) is 6.28. The molecule has 2 saturated heterocycles. The molecule has 1 aromatic carbocycles. The molecule has 0 radical (unpaired) electrons. The van der Waals surface area contributed by atoms with Crippen molar-refractivity contribution < 1.29 is 14.0 Å². The van der Waals surface area contributed by atoms with Gasteiger partial charge in [-0.15, -0.1) is 0 Å². The molecule has 1 aromatic heterocycles. The second-order valence-corrected chi connectivity index (χ2v) is 8.19. The summed E-state index contributed by atoms with van der Waals surface area (Å²) >= 11 is 0. The number of benzene rings is 1. The highest BCUT2D eigenvalue weighted by atomic mass is 16.3. The fraction of sp³-hybridized carbons (Fsp3) is 0.550. The average Bonchev–Trinajstić information content (AvgIpc) is 3.41. The first kappa shape index (κ1) is 16.7. The molecular weight excluding hydrogens is 344 g/mol. The molecule has 3 heterocycles. The minimum absolute atomic E-state index is 0.0731. The van der Waals surface area contributed by atoms with Crippen molar-refractivity contribution in [3.05, 3.63) is 30.2 Å². The second kappa shape index (κ2) is 6.05. The Morgan fingerprint density at radius 3 is 2.63 bits per heavy atom. The number of nitrogens with zero attached hydrogens (tertiary/aromatic N) is 3. The number of carbonyl (C=O) groups excluding carboxylic acids is 2. The van der Waals surface area contributed by atoms with Gasteiger partial charge in [0, 0.05) is 19.0 Å². The first-order valence-corrected chi connectivity index (χ1v) is 9.76. The van der Waals surface area contributed by atoms with Crippen molar-refractivity contribution in [2.75, 3.05) is 19.8 Å². The lowest BCUT2D eigenvalue weighted by atomic mass is 9.96. The van der Waals surface area contributed by atoms with E-state index >= 15 is 0 Å². The molecule has 0 bridgehead atoms. The monoisotopic (exact) mass is 368 g/mol. The number of rotatable bonds is 4. The molecular formula is C20H24N4O3. The number of aromatic nitrogens is 1. The summed E-state index contributed by atoms with van der Waals surface area (Å²) in [5.74, 6) is 1.31. The number of hydrogen-bond acceptors (Lipinski definition) is 5. The Hall–Kier alpha value is -2.41. The van der Waals surface area contributed by atoms with Gasteiger partial charge in [-0.2, -0.15) is 0 Å². The SMILES string of the molecule is C[C@@]1(C2CC2)NC(=O)N(CN2CCC(c3nc4ccccc4o3)CC2)C1=O. The summed E-state index contributed by atoms with van der Waals surface area (Å²) in [4.78, 5) is 33.3. The Morgan fingerprint density at radius 1 is 1.19 bits per heavy atom. The van der Waals surface area contributed by atoms with Crippen LogP contribution in [-0.4, -0.2) is 52.0 Å². The zero-order valence-corrected chi connectivity index (χ0v) is 15.5. The summed E-state index contributed by atoms with van der Waals surface area (Å²) < 4.78 is 5.91. The van der Waals surface area contributed by atoms with Gasteiger partial charge in [0.15, 0.2) is 11.5 Å². The molecule has 0 spiro atoms. The van der Waals surface area contributed by atoms with Gasteiger partial charge in [-0.3, -0.25) is 9.69 Å². The number of fused-ring (bicyclic) bond motifs is 1. The van der Waals surface area contributed by atoms with Crippen LogP contribution in [0.2, 0.25) is 0 Å². The average molecular weight is 368 g/mol. The molecule has 3 fully saturated rings. The number of likely N-dealkylation sites (tertiary alicyclic amines) is 1. The number of hydrogen-bond donors (Lipinski definition) is 1. The summed E-state index contributed by atoms with van der Waals surface area (Å²) in [6.07, 6.45) is 3.87. The molecule has 27 heavy (non-hydrogen) atoms. The number of piperidine rings is 1. The van der Waals surface area contributed by atoms with E-state index in [1.165, 1.54) is 4.90 Å². The van der Waals surface area contributed by atoms with Gasteiger partial charge in [0.1, 0.15) is 11.1 Å². The van der Waals surface area contributed by atoms with E-state index in [-0.39, 0.29) is 17.9 Å². The fourth-order valence-electron chi connectivity index (χ4n) is 4.37. The first-order chi connectivity index (χ1) is 13.0. The quantitative estimate of drug-likeness (QED) is 0.840. The van der Waals surface area contributed by atoms with Gasteiger partial charge in [0.25, 0.3) is 5.91 Å². The van der Waals surface area contributed by atoms with Crippen LogP contribution in [0.15, 0.2) is 28.7 Å². The summed E-state index contributed by atoms with van der Waals surface area (Å²) in [5, 5.41) is 2.92. The zero-order valence-electron chi connectivity index (χ0n) is 15.5. The maximum Gasteiger partial charge on any atom is 0.326 e. The molecule has 1 atom stereocenters. The van der Waals surface area contributed by atoms with Gasteiger partial charge < -0.3 is 9.73 Å². The molecule has 2 aliphatic heterocycles. The smallest absolute Gasteiger partial charge is 0.326 e. The van der Waals surface area contributed by atoms with Crippen molar-refractivity contribution in [3.8, 4) is 0 Å². The maximum absolute atomic E-state index is 12.8. The molecule has 7 heteroatoms. The zero-order chi connectivity index (χ0) is 18.6. The van der Waals surface area contributed by atoms with Gasteiger partial charge in [-0.25, -0.2) is 14.7 Å². The first-order valence-electron chi connectivity index (χ1n) is 9.76. The molecule has 1 N–H and O–H groups in total. The summed E-state index contributed by atoms with van der Waals surface area (Å²) in [5.41, 5.74) is 1.02. The number of oxazole rings is 1. The second-order valence-electron chi connectivity index (χ2n) is 8.19. The van der Waals surface area contributed by atoms with E-state index < -0.39 is 5.54 Å². The van der Waals surface area contributed by atoms with Gasteiger partial charge in [-0.05, 0) is 50.7 Å². The van der Waals surface area contributed by atoms with Crippen molar-refractivity contribution in [3.63, 3.8) is 0 Å². The van der Waals surface area contributed by atoms with E-state index in [9.17, 15) is 9.59 Å². The minimum Gasteiger partial charge on any atom is -0.440 e. The number of urea groups is 1. The van der Waals surface area contributed by atoms with E-state index in [1.54, 1.807) is 0 Å². The minimum atomic E-state index is -0.701. The van der Waals surface area contributed by atoms with Crippen LogP contribution in [0.3, 0.4) is 0 Å². The Bertz CT molecular complexity index is 865. The molecule has 7 nitrogen and oxygen atoms in total. The van der Waals surface area contributed by atoms with Crippen LogP contribution in [0.25, 0.3) is 11.1 Å². The third kappa shape index (κ3) is 2.81. The van der Waals surface area contributed by atoms with E-state index in [0.717, 1.165) is 55.8 Å². The molecule has 5 rings (SSSR count). The van der Waals surface area contributed by atoms with Gasteiger partial charge >= 0.3 is 6.03 Å². The highest BCUT2D eigenvalue weighted by Crippen LogP contribution is 2.42. The van der Waals surface area contributed by atoms with Crippen LogP contribution < -0.4 is 5.32 Å². The Kier molecular flexibility index (Phi) is 3.75. The van der Waals surface area contributed by atoms with Gasteiger partial charge in [-0.1, -0.05) is 12.1 Å². The summed E-state index contributed by atoms with van der Waals surface area (Å²) in [6, 6.07) is 7.56. The highest BCUT2D eigenvalue weighted by molar-refractivity contribution is 6.07. The van der Waals surface area contributed by atoms with E-state index in [1.807, 2.05) is 31.2 Å². The van der Waals surface area contributed by atoms with E-state index in [2.05, 4.69) is 15.2 Å². The predicted molar refractivity (Wildman–Crippen MR) is 98.9 cm³/mol. The molecule has 3 aliphatic rings. The molecule has 1 aliphatic carbocycles. The number of carbonyl (C=O) groups is 2. The van der Waals surface area contributed by atoms with Crippen molar-refractivity contribution in [1.29, 1.82) is 0 Å². The number of nitrogens with one attached hydrogen (secondary N) is 1. The van der Waals surface area contributed by atoms with Crippen LogP contribution in [0.4, 0.5) is 4.79 Å². The van der Waals surface area contributed by atoms with Crippen molar-refractivity contribution in [2.24, 2.45) is 5.92 Å². The van der Waals surface area contributed by atoms with Crippen LogP contribution in [0.5, 0.6) is 0 Å². The Labute approximate surface area is 157 Å². The Morgan fingerprint density at radius 2 is 1.93 bits per heavy atom. The van der Waals surface area contributed by atoms with Crippen molar-refractivity contribution in [1.82, 2.24) is 20.1 Å². The van der Waals surface area contributed by atoms with Crippen LogP contribution >= 0.6 is 0 Å². The number of para-hydroxylation sites is 2. The van der Waals surface area contributed by atoms with Crippen molar-refractivity contribution >= 4 is 23.0 Å². The van der Waals surface area contributed by atoms with E-state index in [0.29, 0.717) is 12.6 Å². The van der Waals surface area contributed by atoms with Crippen molar-refractivity contribution in [2.45, 2.75) is 44.1 Å². The lowest BCUT2D eigenvalue weighted by Gasteiger charge is -2.32. The van der Waals surface area contributed by atoms with Gasteiger partial charge in [0.05, 0.1) is 6.67 Å². The molecule has 1 saturated carbocycles. The molecule has 0 unspecified atom stereocenters. The standard InChI is InChI=1S/C20H24N4O3/c1-20(14-6-7-14)18(25)24(19(26)22-20)12-23-10-8-13(9-11-23)17-21-15-4-2-3-5-16(15)27-17/h2-5,13-14H,6-12H2,1H3,(H,22,26)/t20-/m0/s1. The van der Waals surface area contributed by atoms with E-state index in [4.69, 9.17) is 4.42 Å². The lowest BCUT2D eigenvalue weighted by Crippen LogP contribution is -2.48. The summed E-state index contributed by atoms with van der Waals surface area (Å²) in [6.45, 7) is 3.87. The molecule has 3 amide bonds. The Balaban J connectivity index is 1.22. The number of amides is 3. The molecule has 2 aromatic rings. The summed E-state index contributed by atoms with van der Waals surface area (Å²) in [7, 11) is 0. The predicted octanol–water partition coefficient (Wildman–Crippen LogP) is 2.69. The highest BCUT2D eigenvalue weighted by Gasteiger charge is 2.56. The molecule has 142 valence electrons. The maximum atomic E-state index is 12.8. The van der Waals surface area contributed by atoms with Crippen LogP contribution in [-0.2, 0) is 4.79 Å². The largest absolute Gasteiger partial charge is 0.440 e. The fourth-order valence-corrected chi connectivity index (χ4v) is 4.37. The van der Waals surface area contributed by atoms with Gasteiger partial charge in [0.2, 0.25) is 0 Å². The number of imide groups is 1. The normalized spacial score (nSPS) is 27.5. The van der Waals surface area contributed by atoms with Crippen LogP contribution in [0, 0.1) is 5.92 Å². The topological polar surface area (TPSA) is 78.7 Å².